The van der Waals surface area contributed by atoms with Crippen LogP contribution >= 0.6 is 11.3 Å². The molecule has 90 valence electrons. The normalized spacial score (nSPS) is 13.1. The molecular weight excluding hydrogens is 258 g/mol. The molecule has 0 radical (unpaired) electrons. The molecule has 4 aromatic rings. The molecule has 0 unspecified atom stereocenters. The maximum Gasteiger partial charge on any atom is 0.327 e. The molecule has 0 spiro atoms. The number of nitrogens with zero attached hydrogens (tertiary/aromatic N) is 5. The van der Waals surface area contributed by atoms with E-state index in [-0.39, 0.29) is 0 Å². The highest BCUT2D eigenvalue weighted by Gasteiger charge is 2.32. The minimum Gasteiger partial charge on any atom is -0.256 e. The van der Waals surface area contributed by atoms with Gasteiger partial charge in [-0.25, -0.2) is 9.55 Å². The third kappa shape index (κ3) is 1.09. The van der Waals surface area contributed by atoms with Crippen LogP contribution < -0.4 is 4.57 Å². The summed E-state index contributed by atoms with van der Waals surface area (Å²) in [4.78, 5) is 14.4. The molecule has 0 bridgehead atoms. The standard InChI is InChI=1S/C13H8N5S/c1-2-8-9(15-4-1)6-17-12-11(19-13(8)17)16-10-3-5-14-7-18(10)12/h1-5,7H,6H2/q+1. The molecule has 6 heteroatoms. The van der Waals surface area contributed by atoms with Crippen molar-refractivity contribution >= 4 is 27.5 Å². The quantitative estimate of drug-likeness (QED) is 0.400. The molecule has 0 atom stereocenters. The zero-order chi connectivity index (χ0) is 12.4. The maximum absolute atomic E-state index is 4.65. The minimum atomic E-state index is 0.814. The highest BCUT2D eigenvalue weighted by atomic mass is 32.1. The zero-order valence-corrected chi connectivity index (χ0v) is 10.6. The second-order valence-corrected chi connectivity index (χ2v) is 5.52. The minimum absolute atomic E-state index is 0.814. The van der Waals surface area contributed by atoms with Crippen molar-refractivity contribution in [1.29, 1.82) is 0 Å². The SMILES string of the molecule is c1cnc2c(c1)-c1sc3nc4ccncn4c3[n+]1C2. The number of hydrogen-bond acceptors (Lipinski definition) is 4. The van der Waals surface area contributed by atoms with Gasteiger partial charge in [-0.3, -0.25) is 4.98 Å². The van der Waals surface area contributed by atoms with E-state index < -0.39 is 0 Å². The van der Waals surface area contributed by atoms with Crippen LogP contribution in [0.4, 0.5) is 0 Å². The van der Waals surface area contributed by atoms with E-state index in [1.165, 1.54) is 10.6 Å². The monoisotopic (exact) mass is 266 g/mol. The Kier molecular flexibility index (Phi) is 1.59. The van der Waals surface area contributed by atoms with Crippen LogP contribution in [-0.4, -0.2) is 19.4 Å². The first-order chi connectivity index (χ1) is 9.42. The molecule has 0 amide bonds. The van der Waals surface area contributed by atoms with Gasteiger partial charge in [-0.1, -0.05) is 11.3 Å². The molecule has 5 heterocycles. The summed E-state index contributed by atoms with van der Waals surface area (Å²) in [5.74, 6) is 0. The van der Waals surface area contributed by atoms with E-state index in [9.17, 15) is 0 Å². The molecule has 0 aliphatic carbocycles. The van der Waals surface area contributed by atoms with E-state index in [1.807, 2.05) is 29.1 Å². The third-order valence-electron chi connectivity index (χ3n) is 3.50. The van der Waals surface area contributed by atoms with Gasteiger partial charge in [-0.2, -0.15) is 9.38 Å². The highest BCUT2D eigenvalue weighted by molar-refractivity contribution is 7.20. The second kappa shape index (κ2) is 3.16. The predicted molar refractivity (Wildman–Crippen MR) is 70.9 cm³/mol. The predicted octanol–water partition coefficient (Wildman–Crippen LogP) is 1.66. The fourth-order valence-corrected chi connectivity index (χ4v) is 3.86. The average molecular weight is 266 g/mol. The van der Waals surface area contributed by atoms with E-state index in [2.05, 4.69) is 25.6 Å². The molecule has 1 aliphatic rings. The summed E-state index contributed by atoms with van der Waals surface area (Å²) < 4.78 is 4.32. The van der Waals surface area contributed by atoms with Gasteiger partial charge in [0, 0.05) is 18.5 Å². The van der Waals surface area contributed by atoms with Gasteiger partial charge >= 0.3 is 5.65 Å². The van der Waals surface area contributed by atoms with E-state index >= 15 is 0 Å². The highest BCUT2D eigenvalue weighted by Crippen LogP contribution is 2.34. The fourth-order valence-electron chi connectivity index (χ4n) is 2.68. The van der Waals surface area contributed by atoms with Crippen LogP contribution in [0.15, 0.2) is 36.9 Å². The summed E-state index contributed by atoms with van der Waals surface area (Å²) in [7, 11) is 0. The van der Waals surface area contributed by atoms with E-state index in [0.29, 0.717) is 0 Å². The Bertz CT molecular complexity index is 952. The number of hydrogen-bond donors (Lipinski definition) is 0. The van der Waals surface area contributed by atoms with Gasteiger partial charge in [-0.05, 0) is 12.1 Å². The van der Waals surface area contributed by atoms with Crippen molar-refractivity contribution < 1.29 is 4.57 Å². The molecule has 0 saturated carbocycles. The Morgan fingerprint density at radius 3 is 3.26 bits per heavy atom. The van der Waals surface area contributed by atoms with Gasteiger partial charge in [0.05, 0.1) is 11.3 Å². The van der Waals surface area contributed by atoms with Crippen LogP contribution in [0.1, 0.15) is 5.69 Å². The first kappa shape index (κ1) is 9.57. The van der Waals surface area contributed by atoms with Crippen molar-refractivity contribution in [3.8, 4) is 10.6 Å². The van der Waals surface area contributed by atoms with E-state index in [4.69, 9.17) is 0 Å². The van der Waals surface area contributed by atoms with Gasteiger partial charge in [0.2, 0.25) is 10.5 Å². The second-order valence-electron chi connectivity index (χ2n) is 4.54. The number of rotatable bonds is 0. The Morgan fingerprint density at radius 2 is 2.26 bits per heavy atom. The number of fused-ring (bicyclic) bond motifs is 7. The maximum atomic E-state index is 4.65. The van der Waals surface area contributed by atoms with E-state index in [1.54, 1.807) is 17.5 Å². The number of aromatic nitrogens is 5. The number of pyridine rings is 1. The van der Waals surface area contributed by atoms with Crippen molar-refractivity contribution in [1.82, 2.24) is 19.4 Å². The van der Waals surface area contributed by atoms with Gasteiger partial charge in [0.25, 0.3) is 0 Å². The molecular formula is C13H8N5S+. The first-order valence-corrected chi connectivity index (χ1v) is 6.82. The Hall–Kier alpha value is -2.34. The molecule has 5 nitrogen and oxygen atoms in total. The summed E-state index contributed by atoms with van der Waals surface area (Å²) in [6, 6.07) is 6.04. The largest absolute Gasteiger partial charge is 0.327 e. The van der Waals surface area contributed by atoms with Crippen molar-refractivity contribution in [2.24, 2.45) is 0 Å². The van der Waals surface area contributed by atoms with Gasteiger partial charge in [-0.15, -0.1) is 0 Å². The molecule has 1 aliphatic heterocycles. The fraction of sp³-hybridized carbons (Fsp3) is 0.0769. The van der Waals surface area contributed by atoms with Crippen LogP contribution in [-0.2, 0) is 6.54 Å². The number of imidazole rings is 1. The molecule has 0 N–H and O–H groups in total. The molecule has 4 aromatic heterocycles. The van der Waals surface area contributed by atoms with Crippen LogP contribution in [0.3, 0.4) is 0 Å². The molecule has 5 rings (SSSR count). The summed E-state index contributed by atoms with van der Waals surface area (Å²) in [6.07, 6.45) is 5.44. The summed E-state index contributed by atoms with van der Waals surface area (Å²) in [5, 5.41) is 1.24. The Balaban J connectivity index is 1.94. The van der Waals surface area contributed by atoms with Crippen molar-refractivity contribution in [3.05, 3.63) is 42.6 Å². The van der Waals surface area contributed by atoms with Crippen molar-refractivity contribution in [2.75, 3.05) is 0 Å². The Morgan fingerprint density at radius 1 is 1.26 bits per heavy atom. The van der Waals surface area contributed by atoms with Crippen LogP contribution in [0.2, 0.25) is 0 Å². The van der Waals surface area contributed by atoms with Gasteiger partial charge < -0.3 is 0 Å². The van der Waals surface area contributed by atoms with Crippen molar-refractivity contribution in [3.63, 3.8) is 0 Å². The van der Waals surface area contributed by atoms with Crippen LogP contribution in [0, 0.1) is 0 Å². The van der Waals surface area contributed by atoms with Crippen LogP contribution in [0.25, 0.3) is 26.7 Å². The van der Waals surface area contributed by atoms with Gasteiger partial charge in [0.1, 0.15) is 6.54 Å². The number of thiazole rings is 1. The lowest BCUT2D eigenvalue weighted by molar-refractivity contribution is -0.644. The third-order valence-corrected chi connectivity index (χ3v) is 4.60. The van der Waals surface area contributed by atoms with Crippen LogP contribution in [0.5, 0.6) is 0 Å². The summed E-state index contributed by atoms with van der Waals surface area (Å²) in [6.45, 7) is 0.814. The van der Waals surface area contributed by atoms with Crippen molar-refractivity contribution in [2.45, 2.75) is 6.54 Å². The lowest BCUT2D eigenvalue weighted by Gasteiger charge is -1.90. The molecule has 0 aromatic carbocycles. The lowest BCUT2D eigenvalue weighted by atomic mass is 10.2. The lowest BCUT2D eigenvalue weighted by Crippen LogP contribution is -2.31. The first-order valence-electron chi connectivity index (χ1n) is 6.00. The summed E-state index contributed by atoms with van der Waals surface area (Å²) in [5.41, 5.74) is 4.41. The molecule has 19 heavy (non-hydrogen) atoms. The smallest absolute Gasteiger partial charge is 0.256 e. The average Bonchev–Trinajstić information content (AvgIpc) is 3.05. The molecule has 0 fully saturated rings. The summed E-state index contributed by atoms with van der Waals surface area (Å²) >= 11 is 1.72. The van der Waals surface area contributed by atoms with Gasteiger partial charge in [0.15, 0.2) is 11.3 Å². The molecule has 0 saturated heterocycles. The Labute approximate surface area is 111 Å². The zero-order valence-electron chi connectivity index (χ0n) is 9.82. The topological polar surface area (TPSA) is 47.0 Å². The van der Waals surface area contributed by atoms with E-state index in [0.717, 1.165) is 28.4 Å².